The summed E-state index contributed by atoms with van der Waals surface area (Å²) < 4.78 is 0. The molecule has 1 unspecified atom stereocenters. The molecule has 0 saturated carbocycles. The number of hydrogen-bond acceptors (Lipinski definition) is 1. The lowest BCUT2D eigenvalue weighted by molar-refractivity contribution is 0.0793. The number of alkyl halides is 1. The predicted octanol–water partition coefficient (Wildman–Crippen LogP) is 3.55. The van der Waals surface area contributed by atoms with Gasteiger partial charge in [-0.05, 0) is 31.9 Å². The van der Waals surface area contributed by atoms with Gasteiger partial charge in [0, 0.05) is 24.0 Å². The molecule has 1 aromatic carbocycles. The van der Waals surface area contributed by atoms with Crippen LogP contribution in [-0.2, 0) is 0 Å². The molecule has 0 N–H and O–H groups in total. The lowest BCUT2D eigenvalue weighted by atomic mass is 10.0. The number of benzene rings is 1. The summed E-state index contributed by atoms with van der Waals surface area (Å²) in [5, 5.41) is 0. The quantitative estimate of drug-likeness (QED) is 0.778. The molecule has 1 amide bonds. The third-order valence-electron chi connectivity index (χ3n) is 2.83. The van der Waals surface area contributed by atoms with Crippen molar-refractivity contribution in [3.05, 3.63) is 34.9 Å². The van der Waals surface area contributed by atoms with Crippen LogP contribution in [0.3, 0.4) is 0 Å². The Kier molecular flexibility index (Phi) is 5.19. The van der Waals surface area contributed by atoms with Crippen molar-refractivity contribution < 1.29 is 4.79 Å². The number of carbonyl (C=O) groups excluding carboxylic acids is 1. The number of amides is 1. The molecular formula is C14H20BrNO. The smallest absolute Gasteiger partial charge is 0.253 e. The summed E-state index contributed by atoms with van der Waals surface area (Å²) in [7, 11) is 1.86. The molecule has 3 heteroatoms. The minimum Gasteiger partial charge on any atom is -0.342 e. The Balaban J connectivity index is 2.78. The zero-order valence-electron chi connectivity index (χ0n) is 11.0. The Morgan fingerprint density at radius 3 is 2.65 bits per heavy atom. The van der Waals surface area contributed by atoms with Gasteiger partial charge in [-0.15, -0.1) is 0 Å². The van der Waals surface area contributed by atoms with E-state index in [1.807, 2.05) is 39.1 Å². The van der Waals surface area contributed by atoms with E-state index in [2.05, 4.69) is 22.9 Å². The molecule has 0 bridgehead atoms. The van der Waals surface area contributed by atoms with E-state index in [4.69, 9.17) is 0 Å². The summed E-state index contributed by atoms with van der Waals surface area (Å²) in [6.07, 6.45) is 0.965. The molecule has 0 aliphatic carbocycles. The molecule has 0 aliphatic rings. The Morgan fingerprint density at radius 2 is 2.06 bits per heavy atom. The highest BCUT2D eigenvalue weighted by Gasteiger charge is 2.14. The van der Waals surface area contributed by atoms with Crippen LogP contribution in [0.4, 0.5) is 0 Å². The maximum Gasteiger partial charge on any atom is 0.253 e. The van der Waals surface area contributed by atoms with Crippen LogP contribution in [0.15, 0.2) is 18.2 Å². The molecule has 1 aromatic rings. The molecule has 0 spiro atoms. The molecule has 2 nitrogen and oxygen atoms in total. The third kappa shape index (κ3) is 4.15. The van der Waals surface area contributed by atoms with Crippen molar-refractivity contribution in [2.75, 3.05) is 13.6 Å². The summed E-state index contributed by atoms with van der Waals surface area (Å²) in [6.45, 7) is 6.86. The number of rotatable bonds is 4. The summed E-state index contributed by atoms with van der Waals surface area (Å²) in [5.41, 5.74) is 2.98. The highest BCUT2D eigenvalue weighted by Crippen LogP contribution is 2.13. The Morgan fingerprint density at radius 1 is 1.41 bits per heavy atom. The summed E-state index contributed by atoms with van der Waals surface area (Å²) in [5.74, 6) is 0.111. The number of aryl methyl sites for hydroxylation is 2. The fourth-order valence-electron chi connectivity index (χ4n) is 1.64. The van der Waals surface area contributed by atoms with Crippen molar-refractivity contribution in [2.45, 2.75) is 32.0 Å². The fraction of sp³-hybridized carbons (Fsp3) is 0.500. The van der Waals surface area contributed by atoms with Crippen molar-refractivity contribution in [3.63, 3.8) is 0 Å². The molecule has 1 rings (SSSR count). The van der Waals surface area contributed by atoms with Gasteiger partial charge in [0.05, 0.1) is 0 Å². The van der Waals surface area contributed by atoms with Crippen LogP contribution in [0.25, 0.3) is 0 Å². The number of nitrogens with zero attached hydrogens (tertiary/aromatic N) is 1. The predicted molar refractivity (Wildman–Crippen MR) is 75.9 cm³/mol. The molecule has 0 heterocycles. The van der Waals surface area contributed by atoms with Crippen molar-refractivity contribution in [3.8, 4) is 0 Å². The second kappa shape index (κ2) is 6.20. The van der Waals surface area contributed by atoms with E-state index in [-0.39, 0.29) is 5.91 Å². The van der Waals surface area contributed by atoms with Crippen LogP contribution < -0.4 is 0 Å². The van der Waals surface area contributed by atoms with E-state index in [1.165, 1.54) is 0 Å². The zero-order chi connectivity index (χ0) is 13.0. The zero-order valence-corrected chi connectivity index (χ0v) is 12.5. The largest absolute Gasteiger partial charge is 0.342 e. The minimum atomic E-state index is 0.111. The van der Waals surface area contributed by atoms with Crippen LogP contribution in [0.1, 0.15) is 34.8 Å². The maximum atomic E-state index is 12.2. The minimum absolute atomic E-state index is 0.111. The second-order valence-electron chi connectivity index (χ2n) is 4.61. The topological polar surface area (TPSA) is 20.3 Å². The highest BCUT2D eigenvalue weighted by atomic mass is 79.9. The monoisotopic (exact) mass is 297 g/mol. The maximum absolute atomic E-state index is 12.2. The van der Waals surface area contributed by atoms with E-state index in [0.717, 1.165) is 29.7 Å². The first-order valence-corrected chi connectivity index (χ1v) is 6.80. The lowest BCUT2D eigenvalue weighted by Gasteiger charge is -2.19. The molecule has 0 aromatic heterocycles. The molecule has 0 saturated heterocycles. The van der Waals surface area contributed by atoms with Gasteiger partial charge < -0.3 is 4.90 Å². The SMILES string of the molecule is Cc1ccc(C)c(C(=O)N(C)CCC(C)Br)c1. The number of halogens is 1. The average Bonchev–Trinajstić information content (AvgIpc) is 2.28. The normalized spacial score (nSPS) is 12.3. The van der Waals surface area contributed by atoms with Crippen LogP contribution in [-0.4, -0.2) is 29.2 Å². The molecule has 1 atom stereocenters. The second-order valence-corrected chi connectivity index (χ2v) is 6.18. The molecule has 94 valence electrons. The first-order valence-electron chi connectivity index (χ1n) is 5.88. The van der Waals surface area contributed by atoms with Crippen molar-refractivity contribution in [1.29, 1.82) is 0 Å². The van der Waals surface area contributed by atoms with Gasteiger partial charge in [-0.25, -0.2) is 0 Å². The van der Waals surface area contributed by atoms with Gasteiger partial charge in [-0.3, -0.25) is 4.79 Å². The van der Waals surface area contributed by atoms with Crippen molar-refractivity contribution in [2.24, 2.45) is 0 Å². The van der Waals surface area contributed by atoms with Crippen LogP contribution in [0.2, 0.25) is 0 Å². The Labute approximate surface area is 112 Å². The Bertz CT molecular complexity index is 401. The molecule has 0 aliphatic heterocycles. The number of hydrogen-bond donors (Lipinski definition) is 0. The van der Waals surface area contributed by atoms with Gasteiger partial charge in [0.2, 0.25) is 0 Å². The van der Waals surface area contributed by atoms with Gasteiger partial charge >= 0.3 is 0 Å². The first kappa shape index (κ1) is 14.2. The summed E-state index contributed by atoms with van der Waals surface area (Å²) >= 11 is 3.50. The van der Waals surface area contributed by atoms with E-state index >= 15 is 0 Å². The highest BCUT2D eigenvalue weighted by molar-refractivity contribution is 9.09. The van der Waals surface area contributed by atoms with Crippen LogP contribution in [0.5, 0.6) is 0 Å². The standard InChI is InChI=1S/C14H20BrNO/c1-10-5-6-11(2)13(9-10)14(17)16(4)8-7-12(3)15/h5-6,9,12H,7-8H2,1-4H3. The third-order valence-corrected chi connectivity index (χ3v) is 3.29. The molecular weight excluding hydrogens is 278 g/mol. The van der Waals surface area contributed by atoms with Gasteiger partial charge in [-0.1, -0.05) is 40.5 Å². The van der Waals surface area contributed by atoms with Crippen molar-refractivity contribution >= 4 is 21.8 Å². The van der Waals surface area contributed by atoms with Crippen LogP contribution >= 0.6 is 15.9 Å². The molecule has 0 fully saturated rings. The molecule has 17 heavy (non-hydrogen) atoms. The first-order chi connectivity index (χ1) is 7.91. The Hall–Kier alpha value is -0.830. The van der Waals surface area contributed by atoms with Gasteiger partial charge in [0.25, 0.3) is 5.91 Å². The molecule has 0 radical (unpaired) electrons. The van der Waals surface area contributed by atoms with E-state index in [9.17, 15) is 4.79 Å². The average molecular weight is 298 g/mol. The van der Waals surface area contributed by atoms with Gasteiger partial charge in [-0.2, -0.15) is 0 Å². The van der Waals surface area contributed by atoms with Crippen LogP contribution in [0, 0.1) is 13.8 Å². The van der Waals surface area contributed by atoms with Gasteiger partial charge in [0.15, 0.2) is 0 Å². The van der Waals surface area contributed by atoms with E-state index < -0.39 is 0 Å². The number of carbonyl (C=O) groups is 1. The van der Waals surface area contributed by atoms with Gasteiger partial charge in [0.1, 0.15) is 0 Å². The summed E-state index contributed by atoms with van der Waals surface area (Å²) in [6, 6.07) is 6.00. The lowest BCUT2D eigenvalue weighted by Crippen LogP contribution is -2.29. The summed E-state index contributed by atoms with van der Waals surface area (Å²) in [4.78, 5) is 14.5. The fourth-order valence-corrected chi connectivity index (χ4v) is 1.85. The van der Waals surface area contributed by atoms with E-state index in [0.29, 0.717) is 4.83 Å². The van der Waals surface area contributed by atoms with Crippen molar-refractivity contribution in [1.82, 2.24) is 4.90 Å². The van der Waals surface area contributed by atoms with E-state index in [1.54, 1.807) is 4.90 Å².